The van der Waals surface area contributed by atoms with Crippen molar-refractivity contribution >= 4 is 17.8 Å². The number of ether oxygens (including phenoxy) is 7. The van der Waals surface area contributed by atoms with Crippen molar-refractivity contribution in [1.82, 2.24) is 5.32 Å². The van der Waals surface area contributed by atoms with Crippen LogP contribution in [0.4, 0.5) is 4.79 Å². The minimum absolute atomic E-state index is 0.0669. The number of Topliss-reactive ketones (excluding diaryl/α,β-unsaturated/α-hetero) is 1. The van der Waals surface area contributed by atoms with Crippen molar-refractivity contribution in [3.05, 3.63) is 41.5 Å². The predicted molar refractivity (Wildman–Crippen MR) is 252 cm³/mol. The molecule has 2 aliphatic heterocycles. The molecule has 7 rings (SSSR count). The van der Waals surface area contributed by atoms with Crippen LogP contribution < -0.4 is 15.8 Å². The Kier molecular flexibility index (Phi) is 17.6. The number of ketones is 1. The van der Waals surface area contributed by atoms with Crippen LogP contribution in [0.25, 0.3) is 0 Å². The number of carbonyl (C=O) groups excluding carboxylic acids is 3. The average molecular weight is 973 g/mol. The molecular weight excluding hydrogens is 893 g/mol. The molecule has 388 valence electrons. The summed E-state index contributed by atoms with van der Waals surface area (Å²) in [7, 11) is 1.48. The largest absolute Gasteiger partial charge is 0.497 e. The van der Waals surface area contributed by atoms with Crippen molar-refractivity contribution in [2.45, 2.75) is 185 Å². The first-order valence-corrected chi connectivity index (χ1v) is 25.6. The van der Waals surface area contributed by atoms with Crippen LogP contribution in [0.15, 0.2) is 35.9 Å². The number of hydrogen-bond acceptors (Lipinski definition) is 16. The monoisotopic (exact) mass is 973 g/mol. The summed E-state index contributed by atoms with van der Waals surface area (Å²) in [5.41, 5.74) is 4.45. The molecule has 69 heavy (non-hydrogen) atoms. The molecule has 5 fully saturated rings. The number of fused-ring (bicyclic) bond motifs is 5. The van der Waals surface area contributed by atoms with Gasteiger partial charge in [0.15, 0.2) is 18.7 Å². The predicted octanol–water partition coefficient (Wildman–Crippen LogP) is 4.71. The van der Waals surface area contributed by atoms with Crippen molar-refractivity contribution < 1.29 is 73.1 Å². The number of allylic oxidation sites excluding steroid dienone is 1. The minimum atomic E-state index is -1.68. The molecule has 0 radical (unpaired) electrons. The van der Waals surface area contributed by atoms with Gasteiger partial charge < -0.3 is 69.7 Å². The number of nitrogens with one attached hydrogen (secondary N) is 1. The van der Waals surface area contributed by atoms with Gasteiger partial charge in [-0.3, -0.25) is 4.79 Å². The SMILES string of the molecule is COc1ccc(C(=O)OC2C(OC3C(O)COC(O[C@H]4C[C@H]5[C@@H]6CC=C7C[C@@H](OC(=O)NCCCCCCN)CC[C@]7(C)C6CC[C@]5(C)[C@@]4(O)[C@H](C)C(=O)CCC(C)C)C3O)OCC(O)C2O)cc1. The van der Waals surface area contributed by atoms with Crippen LogP contribution in [0.1, 0.15) is 128 Å². The second-order valence-corrected chi connectivity index (χ2v) is 21.6. The minimum Gasteiger partial charge on any atom is -0.497 e. The number of rotatable bonds is 19. The van der Waals surface area contributed by atoms with E-state index in [-0.39, 0.29) is 65.7 Å². The molecule has 2 heterocycles. The molecule has 4 aliphatic carbocycles. The highest BCUT2D eigenvalue weighted by molar-refractivity contribution is 5.89. The maximum absolute atomic E-state index is 14.2. The maximum atomic E-state index is 14.2. The number of aliphatic hydroxyl groups is 5. The summed E-state index contributed by atoms with van der Waals surface area (Å²) in [6.07, 6.45) is -1.72. The quantitative estimate of drug-likeness (QED) is 0.0563. The van der Waals surface area contributed by atoms with Gasteiger partial charge in [0, 0.05) is 30.7 Å². The second kappa shape index (κ2) is 22.7. The fourth-order valence-corrected chi connectivity index (χ4v) is 12.9. The summed E-state index contributed by atoms with van der Waals surface area (Å²) in [6.45, 7) is 10.8. The number of methoxy groups -OCH3 is 1. The molecule has 3 saturated carbocycles. The Morgan fingerprint density at radius 3 is 2.28 bits per heavy atom. The number of unbranched alkanes of at least 4 members (excludes halogenated alkanes) is 3. The number of benzene rings is 1. The lowest BCUT2D eigenvalue weighted by Crippen LogP contribution is -2.63. The molecule has 0 aromatic heterocycles. The lowest BCUT2D eigenvalue weighted by atomic mass is 9.46. The van der Waals surface area contributed by atoms with Crippen LogP contribution >= 0.6 is 0 Å². The smallest absolute Gasteiger partial charge is 0.407 e. The zero-order valence-corrected chi connectivity index (χ0v) is 41.5. The van der Waals surface area contributed by atoms with E-state index in [1.165, 1.54) is 24.8 Å². The van der Waals surface area contributed by atoms with Crippen molar-refractivity contribution in [3.63, 3.8) is 0 Å². The van der Waals surface area contributed by atoms with Gasteiger partial charge in [-0.2, -0.15) is 0 Å². The summed E-state index contributed by atoms with van der Waals surface area (Å²) < 4.78 is 41.4. The van der Waals surface area contributed by atoms with Gasteiger partial charge in [0.2, 0.25) is 0 Å². The molecule has 17 atom stereocenters. The van der Waals surface area contributed by atoms with Gasteiger partial charge in [-0.1, -0.05) is 59.1 Å². The van der Waals surface area contributed by atoms with E-state index in [9.17, 15) is 39.9 Å². The van der Waals surface area contributed by atoms with E-state index >= 15 is 0 Å². The van der Waals surface area contributed by atoms with Crippen molar-refractivity contribution in [2.75, 3.05) is 33.4 Å². The summed E-state index contributed by atoms with van der Waals surface area (Å²) in [5, 5.41) is 61.1. The van der Waals surface area contributed by atoms with E-state index in [0.717, 1.165) is 51.4 Å². The Morgan fingerprint density at radius 2 is 1.57 bits per heavy atom. The molecule has 0 spiro atoms. The van der Waals surface area contributed by atoms with Gasteiger partial charge in [-0.25, -0.2) is 9.59 Å². The summed E-state index contributed by atoms with van der Waals surface area (Å²) in [6, 6.07) is 6.07. The first kappa shape index (κ1) is 53.6. The summed E-state index contributed by atoms with van der Waals surface area (Å²) in [5.74, 6) is -0.617. The molecule has 0 bridgehead atoms. The highest BCUT2D eigenvalue weighted by atomic mass is 16.7. The number of carbonyl (C=O) groups is 3. The summed E-state index contributed by atoms with van der Waals surface area (Å²) >= 11 is 0. The van der Waals surface area contributed by atoms with E-state index in [1.54, 1.807) is 19.1 Å². The fraction of sp³-hybridized carbons (Fsp3) is 0.788. The molecule has 1 aromatic rings. The normalized spacial score (nSPS) is 39.0. The lowest BCUT2D eigenvalue weighted by molar-refractivity contribution is -0.344. The van der Waals surface area contributed by atoms with Gasteiger partial charge in [0.1, 0.15) is 53.8 Å². The number of hydrogen-bond donors (Lipinski definition) is 7. The molecule has 17 heteroatoms. The second-order valence-electron chi connectivity index (χ2n) is 21.6. The Morgan fingerprint density at radius 1 is 0.855 bits per heavy atom. The molecule has 9 unspecified atom stereocenters. The highest BCUT2D eigenvalue weighted by Gasteiger charge is 2.70. The Hall–Kier alpha value is -3.23. The van der Waals surface area contributed by atoms with E-state index in [0.29, 0.717) is 44.5 Å². The van der Waals surface area contributed by atoms with Gasteiger partial charge in [-0.15, -0.1) is 0 Å². The number of alkyl carbamates (subject to hydrolysis) is 1. The van der Waals surface area contributed by atoms with Crippen LogP contribution in [-0.2, 0) is 33.2 Å². The standard InChI is InChI=1S/C52H80N2O15/c1-29(2)11-18-38(55)30(3)52(62)41(26-37-35-17-14-32-25-34(66-49(61)54-24-10-8-7-9-23-53)19-21-50(32,4)36(35)20-22-51(37,52)5)67-47-43(59)44(40(57)28-64-47)69-48-45(42(58)39(56)27-65-48)68-46(60)31-12-15-33(63-6)16-13-31/h12-16,29-30,34-37,39-45,47-48,56-59,62H,7-11,17-28,53H2,1-6H3,(H,54,61)/t30-,34+,35-,36?,37+,39?,40?,41+,42?,43?,44?,45?,47?,48?,50+,51+,52-/m1/s1. The highest BCUT2D eigenvalue weighted by Crippen LogP contribution is 2.69. The van der Waals surface area contributed by atoms with E-state index in [1.807, 2.05) is 0 Å². The van der Waals surface area contributed by atoms with Gasteiger partial charge in [0.05, 0.1) is 32.0 Å². The fourth-order valence-electron chi connectivity index (χ4n) is 12.9. The van der Waals surface area contributed by atoms with E-state index in [4.69, 9.17) is 38.9 Å². The van der Waals surface area contributed by atoms with Crippen molar-refractivity contribution in [3.8, 4) is 5.75 Å². The first-order valence-electron chi connectivity index (χ1n) is 25.6. The lowest BCUT2D eigenvalue weighted by Gasteiger charge is -2.59. The molecule has 6 aliphatic rings. The van der Waals surface area contributed by atoms with Crippen LogP contribution in [0.5, 0.6) is 5.75 Å². The van der Waals surface area contributed by atoms with E-state index < -0.39 is 84.8 Å². The van der Waals surface area contributed by atoms with Crippen molar-refractivity contribution in [1.29, 1.82) is 0 Å². The number of amides is 1. The summed E-state index contributed by atoms with van der Waals surface area (Å²) in [4.78, 5) is 40.2. The maximum Gasteiger partial charge on any atom is 0.407 e. The molecule has 1 aromatic carbocycles. The number of nitrogens with two attached hydrogens (primary N) is 1. The molecule has 17 nitrogen and oxygen atoms in total. The van der Waals surface area contributed by atoms with Crippen LogP contribution in [0.3, 0.4) is 0 Å². The average Bonchev–Trinajstić information content (AvgIpc) is 3.56. The van der Waals surface area contributed by atoms with Gasteiger partial charge in [-0.05, 0) is 118 Å². The van der Waals surface area contributed by atoms with Crippen LogP contribution in [0, 0.1) is 40.4 Å². The Bertz CT molecular complexity index is 1930. The van der Waals surface area contributed by atoms with Gasteiger partial charge >= 0.3 is 12.1 Å². The third-order valence-corrected chi connectivity index (χ3v) is 17.1. The first-order chi connectivity index (χ1) is 32.9. The van der Waals surface area contributed by atoms with E-state index in [2.05, 4.69) is 39.1 Å². The number of aliphatic hydroxyl groups excluding tert-OH is 4. The molecule has 1 amide bonds. The molecule has 8 N–H and O–H groups in total. The Labute approximate surface area is 407 Å². The van der Waals surface area contributed by atoms with Crippen LogP contribution in [-0.4, -0.2) is 144 Å². The molecule has 2 saturated heterocycles. The number of esters is 1. The third kappa shape index (κ3) is 11.1. The van der Waals surface area contributed by atoms with Crippen molar-refractivity contribution in [2.24, 2.45) is 46.2 Å². The topological polar surface area (TPSA) is 255 Å². The molecular formula is C52H80N2O15. The Balaban J connectivity index is 1.08. The third-order valence-electron chi connectivity index (χ3n) is 17.1. The van der Waals surface area contributed by atoms with Crippen LogP contribution in [0.2, 0.25) is 0 Å². The van der Waals surface area contributed by atoms with Gasteiger partial charge in [0.25, 0.3) is 0 Å². The zero-order chi connectivity index (χ0) is 49.8. The zero-order valence-electron chi connectivity index (χ0n) is 41.5.